The fraction of sp³-hybridized carbons (Fsp3) is 0.893. The monoisotopic (exact) mass is 631 g/mol. The smallest absolute Gasteiger partial charge is 0.250 e. The molecule has 16 nitrogen and oxygen atoms in total. The van der Waals surface area contributed by atoms with E-state index >= 15 is 0 Å². The van der Waals surface area contributed by atoms with Crippen molar-refractivity contribution in [3.8, 4) is 0 Å². The third-order valence-corrected chi connectivity index (χ3v) is 9.55. The Kier molecular flexibility index (Phi) is 12.0. The maximum absolute atomic E-state index is 12.6. The molecule has 4 aliphatic rings. The highest BCUT2D eigenvalue weighted by atomic mass is 16.7. The van der Waals surface area contributed by atoms with E-state index < -0.39 is 84.5 Å². The molecule has 0 aromatic rings. The molecule has 2 aliphatic heterocycles. The van der Waals surface area contributed by atoms with Crippen molar-refractivity contribution in [1.82, 2.24) is 16.0 Å². The second-order valence-corrected chi connectivity index (χ2v) is 13.1. The summed E-state index contributed by atoms with van der Waals surface area (Å²) in [6.45, 7) is 2.10. The Hall–Kier alpha value is -1.51. The third kappa shape index (κ3) is 7.88. The summed E-state index contributed by atoms with van der Waals surface area (Å²) >= 11 is 0. The van der Waals surface area contributed by atoms with Gasteiger partial charge in [-0.15, -0.1) is 0 Å². The van der Waals surface area contributed by atoms with E-state index in [4.69, 9.17) is 37.1 Å². The van der Waals surface area contributed by atoms with E-state index in [-0.39, 0.29) is 31.5 Å². The van der Waals surface area contributed by atoms with Gasteiger partial charge in [-0.05, 0) is 58.2 Å². The first kappa shape index (κ1) is 35.3. The van der Waals surface area contributed by atoms with Crippen molar-refractivity contribution in [2.24, 2.45) is 34.8 Å². The molecule has 1 saturated heterocycles. The first-order valence-corrected chi connectivity index (χ1v) is 15.5. The van der Waals surface area contributed by atoms with E-state index in [0.29, 0.717) is 31.7 Å². The van der Waals surface area contributed by atoms with Gasteiger partial charge in [0.15, 0.2) is 6.29 Å². The van der Waals surface area contributed by atoms with Crippen molar-refractivity contribution >= 4 is 5.91 Å². The van der Waals surface area contributed by atoms with E-state index in [1.54, 1.807) is 7.05 Å². The van der Waals surface area contributed by atoms with Gasteiger partial charge in [-0.25, -0.2) is 0 Å². The number of amides is 1. The fourth-order valence-corrected chi connectivity index (χ4v) is 7.07. The second-order valence-electron chi connectivity index (χ2n) is 13.1. The van der Waals surface area contributed by atoms with Gasteiger partial charge in [-0.3, -0.25) is 4.79 Å². The van der Waals surface area contributed by atoms with Gasteiger partial charge >= 0.3 is 0 Å². The molecule has 4 rings (SSSR count). The maximum Gasteiger partial charge on any atom is 0.250 e. The average Bonchev–Trinajstić information content (AvgIpc) is 3.29. The maximum atomic E-state index is 12.6. The van der Waals surface area contributed by atoms with Crippen LogP contribution in [0.2, 0.25) is 0 Å². The van der Waals surface area contributed by atoms with E-state index in [1.165, 1.54) is 6.92 Å². The third-order valence-electron chi connectivity index (χ3n) is 9.55. The molecule has 1 unspecified atom stereocenters. The lowest BCUT2D eigenvalue weighted by Crippen LogP contribution is -2.69. The number of hydrogen-bond acceptors (Lipinski definition) is 15. The largest absolute Gasteiger partial charge is 0.492 e. The lowest BCUT2D eigenvalue weighted by atomic mass is 9.72. The molecule has 2 heterocycles. The van der Waals surface area contributed by atoms with Crippen LogP contribution >= 0.6 is 0 Å². The molecule has 0 aromatic heterocycles. The molecule has 16 N–H and O–H groups in total. The van der Waals surface area contributed by atoms with Gasteiger partial charge in [-0.2, -0.15) is 0 Å². The Balaban J connectivity index is 1.48. The van der Waals surface area contributed by atoms with Gasteiger partial charge in [0.2, 0.25) is 5.91 Å². The van der Waals surface area contributed by atoms with Crippen LogP contribution in [0.5, 0.6) is 0 Å². The van der Waals surface area contributed by atoms with Crippen LogP contribution in [-0.2, 0) is 19.0 Å². The van der Waals surface area contributed by atoms with E-state index in [9.17, 15) is 30.3 Å². The summed E-state index contributed by atoms with van der Waals surface area (Å²) in [4.78, 5) is 12.6. The number of hydrogen-bond donors (Lipinski definition) is 12. The van der Waals surface area contributed by atoms with Gasteiger partial charge in [0.25, 0.3) is 0 Å². The zero-order valence-corrected chi connectivity index (χ0v) is 25.5. The van der Waals surface area contributed by atoms with Gasteiger partial charge in [0, 0.05) is 30.6 Å². The van der Waals surface area contributed by atoms with Crippen LogP contribution < -0.4 is 38.9 Å². The number of carbonyl (C=O) groups is 1. The molecule has 0 spiro atoms. The Morgan fingerprint density at radius 1 is 1.14 bits per heavy atom. The Morgan fingerprint density at radius 2 is 1.86 bits per heavy atom. The first-order chi connectivity index (χ1) is 20.8. The molecule has 254 valence electrons. The van der Waals surface area contributed by atoms with Gasteiger partial charge in [-0.1, -0.05) is 0 Å². The predicted octanol–water partition coefficient (Wildman–Crippen LogP) is -5.37. The number of nitrogens with one attached hydrogen (secondary N) is 3. The molecular formula is C28H53N7O9. The zero-order valence-electron chi connectivity index (χ0n) is 25.5. The van der Waals surface area contributed by atoms with Crippen molar-refractivity contribution in [2.45, 2.75) is 111 Å². The number of likely N-dealkylation sites (N-methyl/N-ethyl adjacent to an activating group) is 1. The first-order valence-electron chi connectivity index (χ1n) is 15.5. The van der Waals surface area contributed by atoms with E-state index in [1.807, 2.05) is 6.08 Å². The SMILES string of the molecule is CN[C@@H]1[C@@H](O)[C@@H](O[C@H]2[C@H](NC(=O)[C@@H](O)CN)C[C@H](N)C([C@H]3OC(CNC[C@H]4C[C@@H](N)[C@@H](O)C4)=CC[C@H]3N)[C@@H]2O)OC[C@]1(C)O. The molecule has 2 saturated carbocycles. The second kappa shape index (κ2) is 14.9. The van der Waals surface area contributed by atoms with Gasteiger partial charge in [0.1, 0.15) is 35.8 Å². The normalized spacial score (nSPS) is 45.3. The molecule has 16 heteroatoms. The summed E-state index contributed by atoms with van der Waals surface area (Å²) in [7, 11) is 1.58. The molecule has 44 heavy (non-hydrogen) atoms. The van der Waals surface area contributed by atoms with Crippen LogP contribution in [0.3, 0.4) is 0 Å². The quantitative estimate of drug-likeness (QED) is 0.101. The molecule has 1 amide bonds. The lowest BCUT2D eigenvalue weighted by molar-refractivity contribution is -0.297. The summed E-state index contributed by atoms with van der Waals surface area (Å²) in [6, 6.07) is -3.12. The Bertz CT molecular complexity index is 983. The minimum absolute atomic E-state index is 0.125. The van der Waals surface area contributed by atoms with Crippen LogP contribution in [0.25, 0.3) is 0 Å². The summed E-state index contributed by atoms with van der Waals surface area (Å²) in [6.07, 6.45) is -3.92. The highest BCUT2D eigenvalue weighted by Crippen LogP contribution is 2.36. The Labute approximate surface area is 257 Å². The van der Waals surface area contributed by atoms with Crippen LogP contribution in [0.4, 0.5) is 0 Å². The minimum Gasteiger partial charge on any atom is -0.492 e. The molecule has 0 aromatic carbocycles. The lowest BCUT2D eigenvalue weighted by Gasteiger charge is -2.50. The molecule has 2 aliphatic carbocycles. The molecular weight excluding hydrogens is 578 g/mol. The fourth-order valence-electron chi connectivity index (χ4n) is 7.07. The average molecular weight is 632 g/mol. The van der Waals surface area contributed by atoms with Gasteiger partial charge in [0.05, 0.1) is 37.4 Å². The Morgan fingerprint density at radius 3 is 2.50 bits per heavy atom. The van der Waals surface area contributed by atoms with Crippen molar-refractivity contribution in [3.63, 3.8) is 0 Å². The zero-order chi connectivity index (χ0) is 32.3. The molecule has 0 radical (unpaired) electrons. The van der Waals surface area contributed by atoms with Crippen molar-refractivity contribution in [2.75, 3.05) is 33.3 Å². The van der Waals surface area contributed by atoms with Crippen molar-refractivity contribution in [1.29, 1.82) is 0 Å². The number of aliphatic hydroxyl groups excluding tert-OH is 4. The van der Waals surface area contributed by atoms with Gasteiger partial charge < -0.3 is 78.6 Å². The number of nitrogens with two attached hydrogens (primary N) is 4. The summed E-state index contributed by atoms with van der Waals surface area (Å²) in [5.74, 6) is -0.605. The number of aliphatic hydroxyl groups is 5. The molecule has 0 bridgehead atoms. The minimum atomic E-state index is -1.49. The van der Waals surface area contributed by atoms with Crippen LogP contribution in [-0.4, -0.2) is 143 Å². The van der Waals surface area contributed by atoms with Crippen LogP contribution in [0.1, 0.15) is 32.6 Å². The summed E-state index contributed by atoms with van der Waals surface area (Å²) in [5, 5.41) is 62.3. The predicted molar refractivity (Wildman–Crippen MR) is 158 cm³/mol. The summed E-state index contributed by atoms with van der Waals surface area (Å²) < 4.78 is 18.2. The van der Waals surface area contributed by atoms with Crippen molar-refractivity contribution in [3.05, 3.63) is 11.8 Å². The topological polar surface area (TPSA) is 286 Å². The standard InChI is InChI=1S/C28H53N7O9/c1-28(41)11-42-27(22(39)25(28)33-2)44-24-17(35-26(40)19(37)8-29)7-16(32)20(21(24)38)23-14(30)4-3-13(43-23)10-34-9-12-5-15(31)18(36)6-12/h3,12,14-25,27,33-34,36-39,41H,4-11,29-32H2,1-2H3,(H,35,40)/t12-,14+,15+,16-,17+,18-,19-,20?,21-,22+,23-,24-,25+,27+,28-/m0/s1. The highest BCUT2D eigenvalue weighted by Gasteiger charge is 2.53. The van der Waals surface area contributed by atoms with E-state index in [0.717, 1.165) is 6.42 Å². The van der Waals surface area contributed by atoms with Crippen LogP contribution in [0.15, 0.2) is 11.8 Å². The van der Waals surface area contributed by atoms with Crippen LogP contribution in [0, 0.1) is 11.8 Å². The molecule has 15 atom stereocenters. The number of rotatable bonds is 11. The molecule has 3 fully saturated rings. The highest BCUT2D eigenvalue weighted by molar-refractivity contribution is 5.81. The van der Waals surface area contributed by atoms with E-state index in [2.05, 4.69) is 16.0 Å². The number of carbonyl (C=O) groups excluding carboxylic acids is 1. The number of ether oxygens (including phenoxy) is 3. The summed E-state index contributed by atoms with van der Waals surface area (Å²) in [5.41, 5.74) is 23.1. The van der Waals surface area contributed by atoms with Crippen molar-refractivity contribution < 1.29 is 44.5 Å².